The number of hydrogen-bond acceptors (Lipinski definition) is 3. The Morgan fingerprint density at radius 3 is 2.54 bits per heavy atom. The summed E-state index contributed by atoms with van der Waals surface area (Å²) >= 11 is 0. The third kappa shape index (κ3) is 4.45. The lowest BCUT2D eigenvalue weighted by Gasteiger charge is -2.21. The van der Waals surface area contributed by atoms with Gasteiger partial charge in [0.1, 0.15) is 12.2 Å². The van der Waals surface area contributed by atoms with Crippen molar-refractivity contribution in [3.05, 3.63) is 35.4 Å². The fourth-order valence-corrected chi connectivity index (χ4v) is 2.73. The van der Waals surface area contributed by atoms with Crippen LogP contribution in [0.25, 0.3) is 0 Å². The maximum absolute atomic E-state index is 13.3. The second-order valence-electron chi connectivity index (χ2n) is 5.89. The van der Waals surface area contributed by atoms with Gasteiger partial charge in [-0.3, -0.25) is 4.79 Å². The van der Waals surface area contributed by atoms with Crippen molar-refractivity contribution in [3.63, 3.8) is 0 Å². The molecule has 1 amide bonds. The molecule has 1 aliphatic heterocycles. The first kappa shape index (κ1) is 18.2. The molecule has 0 aliphatic carbocycles. The maximum atomic E-state index is 13.3. The molecular formula is C16H17F4N3O. The summed E-state index contributed by atoms with van der Waals surface area (Å²) in [4.78, 5) is 13.3. The molecule has 1 heterocycles. The number of benzene rings is 1. The topological polar surface area (TPSA) is 70.1 Å². The van der Waals surface area contributed by atoms with E-state index in [0.29, 0.717) is 5.56 Å². The van der Waals surface area contributed by atoms with Gasteiger partial charge in [0.2, 0.25) is 5.91 Å². The summed E-state index contributed by atoms with van der Waals surface area (Å²) in [5.74, 6) is -0.416. The molecule has 0 spiro atoms. The number of nitrogens with zero attached hydrogens (tertiary/aromatic N) is 2. The zero-order valence-corrected chi connectivity index (χ0v) is 12.8. The van der Waals surface area contributed by atoms with E-state index in [1.165, 1.54) is 17.0 Å². The Balaban J connectivity index is 1.92. The molecule has 0 aromatic heterocycles. The van der Waals surface area contributed by atoms with E-state index in [9.17, 15) is 22.4 Å². The molecule has 1 aliphatic rings. The molecule has 1 aromatic rings. The fraction of sp³-hybridized carbons (Fsp3) is 0.500. The minimum absolute atomic E-state index is 0.00359. The van der Waals surface area contributed by atoms with Crippen LogP contribution in [0.2, 0.25) is 0 Å². The van der Waals surface area contributed by atoms with Crippen LogP contribution in [0.4, 0.5) is 17.6 Å². The minimum atomic E-state index is -4.40. The highest BCUT2D eigenvalue weighted by Crippen LogP contribution is 2.29. The van der Waals surface area contributed by atoms with Gasteiger partial charge in [0.25, 0.3) is 0 Å². The van der Waals surface area contributed by atoms with E-state index in [0.717, 1.165) is 12.1 Å². The Morgan fingerprint density at radius 1 is 1.38 bits per heavy atom. The summed E-state index contributed by atoms with van der Waals surface area (Å²) in [6.45, 7) is -0.121. The van der Waals surface area contributed by atoms with E-state index >= 15 is 0 Å². The van der Waals surface area contributed by atoms with Crippen LogP contribution in [-0.2, 0) is 17.4 Å². The van der Waals surface area contributed by atoms with Gasteiger partial charge in [-0.05, 0) is 24.1 Å². The van der Waals surface area contributed by atoms with Crippen LogP contribution in [0.15, 0.2) is 24.3 Å². The monoisotopic (exact) mass is 343 g/mol. The molecule has 0 radical (unpaired) electrons. The van der Waals surface area contributed by atoms with E-state index in [4.69, 9.17) is 11.0 Å². The highest BCUT2D eigenvalue weighted by molar-refractivity contribution is 5.78. The smallest absolute Gasteiger partial charge is 0.327 e. The lowest BCUT2D eigenvalue weighted by molar-refractivity contribution is -0.137. The van der Waals surface area contributed by atoms with Gasteiger partial charge in [0.15, 0.2) is 0 Å². The lowest BCUT2D eigenvalue weighted by atomic mass is 10.0. The molecule has 3 atom stereocenters. The summed E-state index contributed by atoms with van der Waals surface area (Å²) < 4.78 is 50.8. The fourth-order valence-electron chi connectivity index (χ4n) is 2.73. The van der Waals surface area contributed by atoms with Crippen molar-refractivity contribution in [2.45, 2.75) is 43.7 Å². The molecule has 1 saturated heterocycles. The number of rotatable bonds is 4. The maximum Gasteiger partial charge on any atom is 0.416 e. The third-order valence-electron chi connectivity index (χ3n) is 3.94. The van der Waals surface area contributed by atoms with E-state index in [2.05, 4.69) is 0 Å². The van der Waals surface area contributed by atoms with Crippen molar-refractivity contribution in [2.75, 3.05) is 6.54 Å². The Morgan fingerprint density at radius 2 is 2.00 bits per heavy atom. The van der Waals surface area contributed by atoms with Crippen molar-refractivity contribution in [3.8, 4) is 6.07 Å². The first-order valence-electron chi connectivity index (χ1n) is 7.45. The first-order chi connectivity index (χ1) is 11.2. The number of halogens is 4. The molecular weight excluding hydrogens is 326 g/mol. The van der Waals surface area contributed by atoms with Crippen LogP contribution in [-0.4, -0.2) is 35.6 Å². The molecule has 24 heavy (non-hydrogen) atoms. The standard InChI is InChI=1S/C16H17F4N3O/c17-12-6-14(8-21)23(9-12)15(24)7-13(22)5-10-1-3-11(4-2-10)16(18,19)20/h1-4,12-14H,5-7,9,22H2/t12-,13+,14-/m0/s1. The number of carbonyl (C=O) groups is 1. The molecule has 8 heteroatoms. The van der Waals surface area contributed by atoms with E-state index in [1.807, 2.05) is 6.07 Å². The predicted octanol–water partition coefficient (Wildman–Crippen LogP) is 2.43. The summed E-state index contributed by atoms with van der Waals surface area (Å²) in [7, 11) is 0. The van der Waals surface area contributed by atoms with Crippen LogP contribution in [0.5, 0.6) is 0 Å². The van der Waals surface area contributed by atoms with Crippen molar-refractivity contribution < 1.29 is 22.4 Å². The molecule has 2 N–H and O–H groups in total. The number of carbonyl (C=O) groups excluding carboxylic acids is 1. The summed E-state index contributed by atoms with van der Waals surface area (Å²) in [6.07, 6.45) is -5.50. The molecule has 0 unspecified atom stereocenters. The Bertz CT molecular complexity index is 624. The van der Waals surface area contributed by atoms with Gasteiger partial charge < -0.3 is 10.6 Å². The number of alkyl halides is 4. The predicted molar refractivity (Wildman–Crippen MR) is 78.4 cm³/mol. The van der Waals surface area contributed by atoms with Crippen LogP contribution >= 0.6 is 0 Å². The van der Waals surface area contributed by atoms with Gasteiger partial charge >= 0.3 is 6.18 Å². The molecule has 2 rings (SSSR count). The van der Waals surface area contributed by atoms with Crippen molar-refractivity contribution in [2.24, 2.45) is 5.73 Å². The van der Waals surface area contributed by atoms with Gasteiger partial charge in [-0.1, -0.05) is 12.1 Å². The number of nitrogens with two attached hydrogens (primary N) is 1. The van der Waals surface area contributed by atoms with Crippen molar-refractivity contribution in [1.29, 1.82) is 5.26 Å². The number of likely N-dealkylation sites (tertiary alicyclic amines) is 1. The van der Waals surface area contributed by atoms with Gasteiger partial charge in [-0.2, -0.15) is 18.4 Å². The SMILES string of the molecule is N#C[C@@H]1C[C@H](F)CN1C(=O)C[C@H](N)Cc1ccc(C(F)(F)F)cc1. The highest BCUT2D eigenvalue weighted by atomic mass is 19.4. The second kappa shape index (κ2) is 7.18. The molecule has 0 saturated carbocycles. The van der Waals surface area contributed by atoms with Crippen LogP contribution in [0.1, 0.15) is 24.0 Å². The van der Waals surface area contributed by atoms with Crippen LogP contribution < -0.4 is 5.73 Å². The second-order valence-corrected chi connectivity index (χ2v) is 5.89. The Labute approximate surface area is 136 Å². The summed E-state index contributed by atoms with van der Waals surface area (Å²) in [5.41, 5.74) is 5.70. The van der Waals surface area contributed by atoms with Gasteiger partial charge in [-0.25, -0.2) is 4.39 Å². The zero-order valence-electron chi connectivity index (χ0n) is 12.8. The molecule has 1 aromatic carbocycles. The Kier molecular flexibility index (Phi) is 5.44. The average molecular weight is 343 g/mol. The third-order valence-corrected chi connectivity index (χ3v) is 3.94. The summed E-state index contributed by atoms with van der Waals surface area (Å²) in [5, 5.41) is 8.93. The van der Waals surface area contributed by atoms with Crippen LogP contribution in [0, 0.1) is 11.3 Å². The number of nitriles is 1. The minimum Gasteiger partial charge on any atom is -0.327 e. The van der Waals surface area contributed by atoms with E-state index < -0.39 is 35.9 Å². The largest absolute Gasteiger partial charge is 0.416 e. The highest BCUT2D eigenvalue weighted by Gasteiger charge is 2.35. The van der Waals surface area contributed by atoms with Gasteiger partial charge in [0, 0.05) is 18.9 Å². The van der Waals surface area contributed by atoms with Gasteiger partial charge in [-0.15, -0.1) is 0 Å². The van der Waals surface area contributed by atoms with E-state index in [1.54, 1.807) is 0 Å². The number of amides is 1. The summed E-state index contributed by atoms with van der Waals surface area (Å²) in [6, 6.07) is 5.04. The van der Waals surface area contributed by atoms with Crippen molar-refractivity contribution >= 4 is 5.91 Å². The quantitative estimate of drug-likeness (QED) is 0.854. The normalized spacial score (nSPS) is 22.2. The Hall–Kier alpha value is -2.14. The zero-order chi connectivity index (χ0) is 17.9. The van der Waals surface area contributed by atoms with Crippen LogP contribution in [0.3, 0.4) is 0 Å². The van der Waals surface area contributed by atoms with Gasteiger partial charge in [0.05, 0.1) is 18.2 Å². The van der Waals surface area contributed by atoms with Crippen molar-refractivity contribution in [1.82, 2.24) is 4.90 Å². The molecule has 4 nitrogen and oxygen atoms in total. The molecule has 0 bridgehead atoms. The number of hydrogen-bond donors (Lipinski definition) is 1. The average Bonchev–Trinajstić information content (AvgIpc) is 2.88. The van der Waals surface area contributed by atoms with E-state index in [-0.39, 0.29) is 25.8 Å². The molecule has 1 fully saturated rings. The molecule has 130 valence electrons. The first-order valence-corrected chi connectivity index (χ1v) is 7.45. The lowest BCUT2D eigenvalue weighted by Crippen LogP contribution is -2.39.